The molecule has 4 N–H and O–H groups in total. The second-order valence-electron chi connectivity index (χ2n) is 3.18. The first-order valence-corrected chi connectivity index (χ1v) is 4.30. The molecule has 2 rings (SSSR count). The van der Waals surface area contributed by atoms with Gasteiger partial charge in [-0.3, -0.25) is 10.1 Å². The molecule has 0 amide bonds. The Kier molecular flexibility index (Phi) is 2.01. The molecule has 0 fully saturated rings. The van der Waals surface area contributed by atoms with Crippen LogP contribution in [-0.2, 0) is 0 Å². The fourth-order valence-corrected chi connectivity index (χ4v) is 1.54. The van der Waals surface area contributed by atoms with Crippen LogP contribution in [0.2, 0.25) is 0 Å². The molecule has 1 aromatic heterocycles. The summed E-state index contributed by atoms with van der Waals surface area (Å²) < 4.78 is 0. The maximum atomic E-state index is 10.8. The van der Waals surface area contributed by atoms with Crippen molar-refractivity contribution in [1.29, 1.82) is 0 Å². The second kappa shape index (κ2) is 3.23. The molecule has 7 nitrogen and oxygen atoms in total. The normalized spacial score (nSPS) is 10.5. The van der Waals surface area contributed by atoms with E-state index in [4.69, 9.17) is 10.8 Å². The van der Waals surface area contributed by atoms with Gasteiger partial charge in [0.25, 0.3) is 5.69 Å². The van der Waals surface area contributed by atoms with Crippen molar-refractivity contribution in [1.82, 2.24) is 4.98 Å². The van der Waals surface area contributed by atoms with Gasteiger partial charge in [-0.1, -0.05) is 12.1 Å². The first-order chi connectivity index (χ1) is 7.52. The van der Waals surface area contributed by atoms with Crippen molar-refractivity contribution in [3.05, 3.63) is 34.0 Å². The van der Waals surface area contributed by atoms with E-state index in [1.54, 1.807) is 0 Å². The number of rotatable bonds is 2. The number of non-ortho nitro benzene ring substituents is 1. The first kappa shape index (κ1) is 9.97. The van der Waals surface area contributed by atoms with Gasteiger partial charge in [0.15, 0.2) is 0 Å². The lowest BCUT2D eigenvalue weighted by Crippen LogP contribution is -2.00. The van der Waals surface area contributed by atoms with Crippen molar-refractivity contribution in [2.75, 3.05) is 5.73 Å². The Morgan fingerprint density at radius 3 is 2.75 bits per heavy atom. The Morgan fingerprint density at radius 2 is 2.19 bits per heavy atom. The summed E-state index contributed by atoms with van der Waals surface area (Å²) in [5.41, 5.74) is 5.28. The molecular formula is C9H7N3O4. The average molecular weight is 221 g/mol. The minimum Gasteiger partial charge on any atom is -0.477 e. The standard InChI is InChI=1S/C9H7N3O4/c10-6-4-2-1-3-5(12(15)16)7(4)11-8(6)9(13)14/h1-3,11H,10H2,(H,13,14). The van der Waals surface area contributed by atoms with Gasteiger partial charge in [-0.15, -0.1) is 0 Å². The smallest absolute Gasteiger partial charge is 0.354 e. The molecule has 2 aromatic rings. The minimum atomic E-state index is -1.25. The fourth-order valence-electron chi connectivity index (χ4n) is 1.54. The van der Waals surface area contributed by atoms with Gasteiger partial charge in [-0.05, 0) is 0 Å². The van der Waals surface area contributed by atoms with E-state index in [1.807, 2.05) is 0 Å². The number of anilines is 1. The lowest BCUT2D eigenvalue weighted by Gasteiger charge is -1.93. The lowest BCUT2D eigenvalue weighted by atomic mass is 10.2. The highest BCUT2D eigenvalue weighted by Crippen LogP contribution is 2.31. The van der Waals surface area contributed by atoms with Gasteiger partial charge >= 0.3 is 5.97 Å². The Bertz CT molecular complexity index is 602. The second-order valence-corrected chi connectivity index (χ2v) is 3.18. The molecule has 0 aliphatic heterocycles. The molecular weight excluding hydrogens is 214 g/mol. The van der Waals surface area contributed by atoms with E-state index in [0.29, 0.717) is 5.39 Å². The minimum absolute atomic E-state index is 0.00574. The molecule has 0 aliphatic rings. The number of nitrogens with one attached hydrogen (secondary N) is 1. The van der Waals surface area contributed by atoms with Crippen LogP contribution in [0.1, 0.15) is 10.5 Å². The highest BCUT2D eigenvalue weighted by Gasteiger charge is 2.20. The summed E-state index contributed by atoms with van der Waals surface area (Å²) in [7, 11) is 0. The van der Waals surface area contributed by atoms with Gasteiger partial charge < -0.3 is 15.8 Å². The number of H-pyrrole nitrogens is 1. The number of para-hydroxylation sites is 1. The molecule has 0 saturated carbocycles. The fraction of sp³-hybridized carbons (Fsp3) is 0. The summed E-state index contributed by atoms with van der Waals surface area (Å²) in [5.74, 6) is -1.25. The molecule has 0 bridgehead atoms. The van der Waals surface area contributed by atoms with Crippen LogP contribution in [0.4, 0.5) is 11.4 Å². The van der Waals surface area contributed by atoms with Gasteiger partial charge in [0.05, 0.1) is 10.6 Å². The van der Waals surface area contributed by atoms with Crippen LogP contribution >= 0.6 is 0 Å². The van der Waals surface area contributed by atoms with Crippen LogP contribution in [0.15, 0.2) is 18.2 Å². The van der Waals surface area contributed by atoms with Crippen molar-refractivity contribution < 1.29 is 14.8 Å². The predicted molar refractivity (Wildman–Crippen MR) is 56.3 cm³/mol. The molecule has 0 unspecified atom stereocenters. The third-order valence-corrected chi connectivity index (χ3v) is 2.26. The van der Waals surface area contributed by atoms with Crippen molar-refractivity contribution >= 4 is 28.2 Å². The third-order valence-electron chi connectivity index (χ3n) is 2.26. The van der Waals surface area contributed by atoms with Crippen LogP contribution in [0.25, 0.3) is 10.9 Å². The Balaban J connectivity index is 2.85. The average Bonchev–Trinajstić information content (AvgIpc) is 2.56. The summed E-state index contributed by atoms with van der Waals surface area (Å²) in [4.78, 5) is 23.3. The van der Waals surface area contributed by atoms with Crippen LogP contribution < -0.4 is 5.73 Å². The van der Waals surface area contributed by atoms with Gasteiger partial charge in [0.2, 0.25) is 0 Å². The van der Waals surface area contributed by atoms with Crippen LogP contribution in [-0.4, -0.2) is 21.0 Å². The van der Waals surface area contributed by atoms with Crippen LogP contribution in [0.5, 0.6) is 0 Å². The number of benzene rings is 1. The lowest BCUT2D eigenvalue weighted by molar-refractivity contribution is -0.383. The molecule has 16 heavy (non-hydrogen) atoms. The molecule has 0 radical (unpaired) electrons. The number of aromatic carboxylic acids is 1. The molecule has 0 spiro atoms. The zero-order valence-corrected chi connectivity index (χ0v) is 7.93. The first-order valence-electron chi connectivity index (χ1n) is 4.30. The molecule has 7 heteroatoms. The predicted octanol–water partition coefficient (Wildman–Crippen LogP) is 1.36. The summed E-state index contributed by atoms with van der Waals surface area (Å²) in [6.45, 7) is 0. The number of carbonyl (C=O) groups is 1. The molecule has 0 saturated heterocycles. The van der Waals surface area contributed by atoms with Gasteiger partial charge in [0.1, 0.15) is 11.2 Å². The van der Waals surface area contributed by atoms with Crippen LogP contribution in [0, 0.1) is 10.1 Å². The number of aromatic nitrogens is 1. The highest BCUT2D eigenvalue weighted by molar-refractivity contribution is 6.07. The van der Waals surface area contributed by atoms with Gasteiger partial charge in [-0.2, -0.15) is 0 Å². The van der Waals surface area contributed by atoms with E-state index in [1.165, 1.54) is 18.2 Å². The number of nitro benzene ring substituents is 1. The maximum Gasteiger partial charge on any atom is 0.354 e. The number of hydrogen-bond acceptors (Lipinski definition) is 4. The molecule has 82 valence electrons. The van der Waals surface area contributed by atoms with E-state index in [2.05, 4.69) is 4.98 Å². The maximum absolute atomic E-state index is 10.8. The van der Waals surface area contributed by atoms with Crippen molar-refractivity contribution in [2.24, 2.45) is 0 Å². The number of nitro groups is 1. The Labute approximate surface area is 88.6 Å². The van der Waals surface area contributed by atoms with Crippen LogP contribution in [0.3, 0.4) is 0 Å². The number of nitrogens with two attached hydrogens (primary N) is 1. The van der Waals surface area contributed by atoms with E-state index in [-0.39, 0.29) is 22.6 Å². The number of nitrogen functional groups attached to an aromatic ring is 1. The number of nitrogens with zero attached hydrogens (tertiary/aromatic N) is 1. The Hall–Kier alpha value is -2.57. The monoisotopic (exact) mass is 221 g/mol. The summed E-state index contributed by atoms with van der Waals surface area (Å²) in [6, 6.07) is 4.26. The quantitative estimate of drug-likeness (QED) is 0.521. The summed E-state index contributed by atoms with van der Waals surface area (Å²) in [5, 5.41) is 19.9. The SMILES string of the molecule is Nc1c(C(=O)O)[nH]c2c([N+](=O)[O-])cccc12. The van der Waals surface area contributed by atoms with Crippen molar-refractivity contribution in [3.8, 4) is 0 Å². The molecule has 0 aliphatic carbocycles. The van der Waals surface area contributed by atoms with E-state index < -0.39 is 10.9 Å². The number of carboxylic acid groups (broad SMARTS) is 1. The Morgan fingerprint density at radius 1 is 1.50 bits per heavy atom. The summed E-state index contributed by atoms with van der Waals surface area (Å²) in [6.07, 6.45) is 0. The summed E-state index contributed by atoms with van der Waals surface area (Å²) >= 11 is 0. The number of aromatic amines is 1. The molecule has 1 heterocycles. The van der Waals surface area contributed by atoms with Crippen molar-refractivity contribution in [3.63, 3.8) is 0 Å². The van der Waals surface area contributed by atoms with Gasteiger partial charge in [-0.25, -0.2) is 4.79 Å². The third kappa shape index (κ3) is 1.26. The number of carboxylic acids is 1. The zero-order chi connectivity index (χ0) is 11.9. The van der Waals surface area contributed by atoms with E-state index >= 15 is 0 Å². The van der Waals surface area contributed by atoms with Gasteiger partial charge in [0, 0.05) is 11.5 Å². The molecule has 1 aromatic carbocycles. The molecule has 0 atom stereocenters. The van der Waals surface area contributed by atoms with E-state index in [9.17, 15) is 14.9 Å². The number of fused-ring (bicyclic) bond motifs is 1. The largest absolute Gasteiger partial charge is 0.477 e. The van der Waals surface area contributed by atoms with E-state index in [0.717, 1.165) is 0 Å². The highest BCUT2D eigenvalue weighted by atomic mass is 16.6. The van der Waals surface area contributed by atoms with Crippen molar-refractivity contribution in [2.45, 2.75) is 0 Å². The topological polar surface area (TPSA) is 122 Å². The zero-order valence-electron chi connectivity index (χ0n) is 7.93. The number of hydrogen-bond donors (Lipinski definition) is 3.